The fourth-order valence-electron chi connectivity index (χ4n) is 4.89. The molecule has 0 amide bonds. The van der Waals surface area contributed by atoms with Gasteiger partial charge < -0.3 is 18.6 Å². The number of rotatable bonds is 8. The monoisotopic (exact) mass is 477 g/mol. The number of fused-ring (bicyclic) bond motifs is 2. The van der Waals surface area contributed by atoms with Crippen LogP contribution in [0.2, 0.25) is 0 Å². The molecule has 0 N–H and O–H groups in total. The summed E-state index contributed by atoms with van der Waals surface area (Å²) in [5, 5.41) is 12.0. The molecule has 3 aromatic carbocycles. The largest absolute Gasteiger partial charge is 0.456 e. The Balaban J connectivity index is 1.50. The van der Waals surface area contributed by atoms with Crippen molar-refractivity contribution in [2.45, 2.75) is 27.7 Å². The van der Waals surface area contributed by atoms with Gasteiger partial charge in [0, 0.05) is 71.6 Å². The molecular weight excluding hydrogens is 446 g/mol. The second kappa shape index (κ2) is 9.83. The van der Waals surface area contributed by atoms with Gasteiger partial charge in [0.05, 0.1) is 11.6 Å². The number of nitriles is 1. The van der Waals surface area contributed by atoms with Crippen molar-refractivity contribution in [1.29, 1.82) is 5.26 Å². The van der Waals surface area contributed by atoms with Crippen LogP contribution in [0.25, 0.3) is 44.6 Å². The summed E-state index contributed by atoms with van der Waals surface area (Å²) in [5.41, 5.74) is 6.16. The molecule has 0 saturated carbocycles. The lowest BCUT2D eigenvalue weighted by Gasteiger charge is -2.20. The zero-order valence-electron chi connectivity index (χ0n) is 21.3. The number of hydrogen-bond acceptors (Lipinski definition) is 5. The molecule has 0 aliphatic heterocycles. The van der Waals surface area contributed by atoms with Crippen molar-refractivity contribution < 1.29 is 8.83 Å². The van der Waals surface area contributed by atoms with Gasteiger partial charge in [0.25, 0.3) is 0 Å². The Morgan fingerprint density at radius 3 is 1.69 bits per heavy atom. The van der Waals surface area contributed by atoms with Crippen molar-refractivity contribution in [3.8, 4) is 28.7 Å². The number of hydrogen-bond donors (Lipinski definition) is 0. The summed E-state index contributed by atoms with van der Waals surface area (Å²) in [4.78, 5) is 4.58. The summed E-state index contributed by atoms with van der Waals surface area (Å²) in [6.45, 7) is 12.4. The lowest BCUT2D eigenvalue weighted by molar-refractivity contribution is 0.629. The quantitative estimate of drug-likeness (QED) is 0.226. The summed E-state index contributed by atoms with van der Waals surface area (Å²) in [6, 6.07) is 24.8. The second-order valence-electron chi connectivity index (χ2n) is 8.88. The highest BCUT2D eigenvalue weighted by molar-refractivity contribution is 5.88. The van der Waals surface area contributed by atoms with Gasteiger partial charge in [-0.15, -0.1) is 0 Å². The van der Waals surface area contributed by atoms with Gasteiger partial charge in [-0.3, -0.25) is 0 Å². The third-order valence-electron chi connectivity index (χ3n) is 6.95. The summed E-state index contributed by atoms with van der Waals surface area (Å²) < 4.78 is 12.4. The standard InChI is InChI=1S/C31H31N3O2/c1-5-33(6-2)25-12-9-22-16-28(35-29(22)18-25)21-11-14-27(24(15-21)20-32)31-17-23-10-13-26(19-30(23)36-31)34(7-3)8-4/h9-19H,5-8H2,1-4H3. The number of nitrogens with zero attached hydrogens (tertiary/aromatic N) is 3. The van der Waals surface area contributed by atoms with Crippen molar-refractivity contribution in [3.05, 3.63) is 72.3 Å². The Labute approximate surface area is 212 Å². The van der Waals surface area contributed by atoms with Gasteiger partial charge >= 0.3 is 0 Å². The lowest BCUT2D eigenvalue weighted by atomic mass is 10.0. The highest BCUT2D eigenvalue weighted by atomic mass is 16.3. The molecule has 0 radical (unpaired) electrons. The molecule has 182 valence electrons. The van der Waals surface area contributed by atoms with Gasteiger partial charge in [-0.25, -0.2) is 0 Å². The fraction of sp³-hybridized carbons (Fsp3) is 0.258. The van der Waals surface area contributed by atoms with Crippen molar-refractivity contribution >= 4 is 33.3 Å². The molecule has 5 nitrogen and oxygen atoms in total. The van der Waals surface area contributed by atoms with Crippen LogP contribution in [0.3, 0.4) is 0 Å². The molecule has 2 heterocycles. The van der Waals surface area contributed by atoms with Crippen molar-refractivity contribution in [2.24, 2.45) is 0 Å². The molecule has 5 aromatic rings. The van der Waals surface area contributed by atoms with Crippen LogP contribution in [-0.4, -0.2) is 26.2 Å². The van der Waals surface area contributed by atoms with E-state index < -0.39 is 0 Å². The zero-order valence-corrected chi connectivity index (χ0v) is 21.3. The molecule has 0 unspecified atom stereocenters. The maximum atomic E-state index is 9.96. The minimum Gasteiger partial charge on any atom is -0.456 e. The minimum absolute atomic E-state index is 0.555. The summed E-state index contributed by atoms with van der Waals surface area (Å²) in [5.74, 6) is 1.44. The number of anilines is 2. The van der Waals surface area contributed by atoms with Crippen LogP contribution >= 0.6 is 0 Å². The van der Waals surface area contributed by atoms with Gasteiger partial charge in [0.1, 0.15) is 22.7 Å². The molecule has 0 atom stereocenters. The Bertz CT molecular complexity index is 1560. The van der Waals surface area contributed by atoms with Gasteiger partial charge in [-0.2, -0.15) is 5.26 Å². The van der Waals surface area contributed by atoms with E-state index in [1.165, 1.54) is 0 Å². The van der Waals surface area contributed by atoms with E-state index in [1.807, 2.05) is 30.3 Å². The molecule has 0 fully saturated rings. The van der Waals surface area contributed by atoms with Crippen molar-refractivity contribution in [1.82, 2.24) is 0 Å². The molecule has 0 spiro atoms. The van der Waals surface area contributed by atoms with E-state index >= 15 is 0 Å². The van der Waals surface area contributed by atoms with Gasteiger partial charge in [-0.05, 0) is 76.2 Å². The average molecular weight is 478 g/mol. The van der Waals surface area contributed by atoms with E-state index in [1.54, 1.807) is 0 Å². The minimum atomic E-state index is 0.555. The fourth-order valence-corrected chi connectivity index (χ4v) is 4.89. The molecule has 0 aliphatic rings. The third kappa shape index (κ3) is 4.20. The van der Waals surface area contributed by atoms with Crippen LogP contribution in [0.1, 0.15) is 33.3 Å². The van der Waals surface area contributed by atoms with Crippen molar-refractivity contribution in [3.63, 3.8) is 0 Å². The van der Waals surface area contributed by atoms with E-state index in [0.717, 1.165) is 76.4 Å². The number of furan rings is 2. The predicted molar refractivity (Wildman–Crippen MR) is 149 cm³/mol. The molecule has 0 saturated heterocycles. The second-order valence-corrected chi connectivity index (χ2v) is 8.88. The molecule has 0 bridgehead atoms. The van der Waals surface area contributed by atoms with E-state index in [9.17, 15) is 5.26 Å². The van der Waals surface area contributed by atoms with Crippen LogP contribution in [0.15, 0.2) is 75.6 Å². The van der Waals surface area contributed by atoms with E-state index in [0.29, 0.717) is 11.3 Å². The smallest absolute Gasteiger partial charge is 0.136 e. The first kappa shape index (κ1) is 23.6. The maximum absolute atomic E-state index is 9.96. The Morgan fingerprint density at radius 2 is 1.17 bits per heavy atom. The first-order valence-electron chi connectivity index (χ1n) is 12.7. The Kier molecular flexibility index (Phi) is 6.43. The summed E-state index contributed by atoms with van der Waals surface area (Å²) in [6.07, 6.45) is 0. The molecule has 36 heavy (non-hydrogen) atoms. The Morgan fingerprint density at radius 1 is 0.639 bits per heavy atom. The normalized spacial score (nSPS) is 11.2. The molecule has 0 aliphatic carbocycles. The SMILES string of the molecule is CCN(CC)c1ccc2cc(-c3ccc(-c4cc5ccc(N(CC)CC)cc5o4)c(C#N)c3)oc2c1. The first-order chi connectivity index (χ1) is 17.6. The van der Waals surface area contributed by atoms with Crippen LogP contribution in [0.5, 0.6) is 0 Å². The van der Waals surface area contributed by atoms with E-state index in [4.69, 9.17) is 8.83 Å². The summed E-state index contributed by atoms with van der Waals surface area (Å²) in [7, 11) is 0. The van der Waals surface area contributed by atoms with E-state index in [2.05, 4.69) is 80.0 Å². The molecule has 5 rings (SSSR count). The van der Waals surface area contributed by atoms with Crippen LogP contribution < -0.4 is 9.80 Å². The van der Waals surface area contributed by atoms with Crippen molar-refractivity contribution in [2.75, 3.05) is 36.0 Å². The molecule has 2 aromatic heterocycles. The van der Waals surface area contributed by atoms with Gasteiger partial charge in [0.2, 0.25) is 0 Å². The highest BCUT2D eigenvalue weighted by Gasteiger charge is 2.15. The van der Waals surface area contributed by atoms with E-state index in [-0.39, 0.29) is 0 Å². The zero-order chi connectivity index (χ0) is 25.2. The highest BCUT2D eigenvalue weighted by Crippen LogP contribution is 2.36. The molecule has 5 heteroatoms. The lowest BCUT2D eigenvalue weighted by Crippen LogP contribution is -2.21. The van der Waals surface area contributed by atoms with Gasteiger partial charge in [0.15, 0.2) is 0 Å². The number of benzene rings is 3. The first-order valence-corrected chi connectivity index (χ1v) is 12.7. The molecular formula is C31H31N3O2. The maximum Gasteiger partial charge on any atom is 0.136 e. The van der Waals surface area contributed by atoms with Crippen LogP contribution in [0, 0.1) is 11.3 Å². The topological polar surface area (TPSA) is 56.5 Å². The summed E-state index contributed by atoms with van der Waals surface area (Å²) >= 11 is 0. The average Bonchev–Trinajstić information content (AvgIpc) is 3.53. The van der Waals surface area contributed by atoms with Crippen LogP contribution in [0.4, 0.5) is 11.4 Å². The Hall–Kier alpha value is -4.17. The third-order valence-corrected chi connectivity index (χ3v) is 6.95. The van der Waals surface area contributed by atoms with Crippen LogP contribution in [-0.2, 0) is 0 Å². The van der Waals surface area contributed by atoms with Gasteiger partial charge in [-0.1, -0.05) is 6.07 Å². The predicted octanol–water partition coefficient (Wildman–Crippen LogP) is 8.08.